The molecule has 0 aliphatic rings. The first-order valence-corrected chi connectivity index (χ1v) is 10.3. The third-order valence-corrected chi connectivity index (χ3v) is 5.11. The Morgan fingerprint density at radius 2 is 1.81 bits per heavy atom. The first-order chi connectivity index (χ1) is 12.9. The first-order valence-electron chi connectivity index (χ1n) is 8.38. The van der Waals surface area contributed by atoms with Crippen LogP contribution in [-0.2, 0) is 10.0 Å². The lowest BCUT2D eigenvalue weighted by molar-refractivity contribution is 0.340. The van der Waals surface area contributed by atoms with Crippen LogP contribution in [0.5, 0.6) is 11.5 Å². The highest BCUT2D eigenvalue weighted by Gasteiger charge is 2.17. The van der Waals surface area contributed by atoms with Crippen molar-refractivity contribution < 1.29 is 17.9 Å². The summed E-state index contributed by atoms with van der Waals surface area (Å²) >= 11 is 5.16. The molecule has 146 valence electrons. The molecule has 0 aliphatic carbocycles. The van der Waals surface area contributed by atoms with Gasteiger partial charge < -0.3 is 20.1 Å². The van der Waals surface area contributed by atoms with Gasteiger partial charge in [-0.15, -0.1) is 0 Å². The van der Waals surface area contributed by atoms with E-state index in [9.17, 15) is 8.42 Å². The number of rotatable bonds is 8. The van der Waals surface area contributed by atoms with Crippen LogP contribution in [0.4, 0.5) is 11.4 Å². The van der Waals surface area contributed by atoms with Crippen LogP contribution in [0.1, 0.15) is 13.8 Å². The average Bonchev–Trinajstić information content (AvgIpc) is 2.63. The minimum absolute atomic E-state index is 0.0824. The number of sulfonamides is 1. The molecule has 0 aromatic heterocycles. The van der Waals surface area contributed by atoms with Gasteiger partial charge in [0.25, 0.3) is 10.0 Å². The summed E-state index contributed by atoms with van der Waals surface area (Å²) in [4.78, 5) is 0.0824. The average molecular weight is 410 g/mol. The lowest BCUT2D eigenvalue weighted by Gasteiger charge is -2.15. The van der Waals surface area contributed by atoms with Crippen LogP contribution >= 0.6 is 12.2 Å². The number of nitrogens with one attached hydrogen (secondary N) is 3. The van der Waals surface area contributed by atoms with E-state index in [1.807, 2.05) is 13.8 Å². The van der Waals surface area contributed by atoms with Gasteiger partial charge >= 0.3 is 0 Å². The first kappa shape index (κ1) is 20.8. The van der Waals surface area contributed by atoms with Gasteiger partial charge in [-0.2, -0.15) is 0 Å². The highest BCUT2D eigenvalue weighted by Crippen LogP contribution is 2.28. The molecule has 0 fully saturated rings. The van der Waals surface area contributed by atoms with E-state index in [1.165, 1.54) is 19.2 Å². The molecule has 0 saturated heterocycles. The summed E-state index contributed by atoms with van der Waals surface area (Å²) in [6.07, 6.45) is 0. The minimum Gasteiger partial charge on any atom is -0.495 e. The summed E-state index contributed by atoms with van der Waals surface area (Å²) in [5.41, 5.74) is 0.893. The Bertz CT molecular complexity index is 884. The number of thiocarbonyl (C=S) groups is 1. The molecule has 2 aromatic rings. The Balaban J connectivity index is 2.25. The Morgan fingerprint density at radius 3 is 2.41 bits per heavy atom. The number of methoxy groups -OCH3 is 1. The van der Waals surface area contributed by atoms with Crippen LogP contribution in [-0.4, -0.2) is 33.8 Å². The Kier molecular flexibility index (Phi) is 7.26. The smallest absolute Gasteiger partial charge is 0.261 e. The zero-order valence-corrected chi connectivity index (χ0v) is 17.0. The quantitative estimate of drug-likeness (QED) is 0.577. The highest BCUT2D eigenvalue weighted by atomic mass is 32.2. The second kappa shape index (κ2) is 9.43. The van der Waals surface area contributed by atoms with Crippen molar-refractivity contribution in [2.24, 2.45) is 0 Å². The van der Waals surface area contributed by atoms with Gasteiger partial charge in [0.1, 0.15) is 11.5 Å². The van der Waals surface area contributed by atoms with Crippen molar-refractivity contribution in [2.75, 3.05) is 30.3 Å². The molecule has 3 N–H and O–H groups in total. The van der Waals surface area contributed by atoms with E-state index in [2.05, 4.69) is 15.4 Å². The predicted molar refractivity (Wildman–Crippen MR) is 111 cm³/mol. The largest absolute Gasteiger partial charge is 0.495 e. The fourth-order valence-corrected chi connectivity index (χ4v) is 3.62. The lowest BCUT2D eigenvalue weighted by Crippen LogP contribution is -2.28. The van der Waals surface area contributed by atoms with Crippen LogP contribution in [0.3, 0.4) is 0 Å². The standard InChI is InChI=1S/C18H23N3O4S2/c1-4-19-18(26)20-16-12-15(10-11-17(16)24-3)27(22,23)21-13-6-8-14(9-7-13)25-5-2/h6-12,21H,4-5H2,1-3H3,(H2,19,20,26). The van der Waals surface area contributed by atoms with E-state index >= 15 is 0 Å². The van der Waals surface area contributed by atoms with Crippen LogP contribution < -0.4 is 24.8 Å². The molecule has 0 bridgehead atoms. The summed E-state index contributed by atoms with van der Waals surface area (Å²) in [5, 5.41) is 6.27. The van der Waals surface area contributed by atoms with Crippen molar-refractivity contribution in [3.05, 3.63) is 42.5 Å². The second-order valence-electron chi connectivity index (χ2n) is 5.41. The van der Waals surface area contributed by atoms with Crippen molar-refractivity contribution in [1.82, 2.24) is 5.32 Å². The van der Waals surface area contributed by atoms with E-state index in [-0.39, 0.29) is 4.90 Å². The van der Waals surface area contributed by atoms with Crippen molar-refractivity contribution in [3.63, 3.8) is 0 Å². The van der Waals surface area contributed by atoms with Crippen molar-refractivity contribution >= 4 is 38.7 Å². The molecule has 0 spiro atoms. The van der Waals surface area contributed by atoms with Gasteiger partial charge in [-0.25, -0.2) is 8.42 Å². The second-order valence-corrected chi connectivity index (χ2v) is 7.50. The molecule has 0 aliphatic heterocycles. The molecule has 0 saturated carbocycles. The SMILES string of the molecule is CCNC(=S)Nc1cc(S(=O)(=O)Nc2ccc(OCC)cc2)ccc1OC. The van der Waals surface area contributed by atoms with E-state index in [0.29, 0.717) is 41.1 Å². The fourth-order valence-electron chi connectivity index (χ4n) is 2.28. The van der Waals surface area contributed by atoms with Gasteiger partial charge in [0, 0.05) is 12.2 Å². The maximum absolute atomic E-state index is 12.7. The monoisotopic (exact) mass is 409 g/mol. The Labute approximate surface area is 165 Å². The summed E-state index contributed by atoms with van der Waals surface area (Å²) in [7, 11) is -2.28. The van der Waals surface area contributed by atoms with Gasteiger partial charge in [0.05, 0.1) is 24.3 Å². The predicted octanol–water partition coefficient (Wildman–Crippen LogP) is 3.20. The van der Waals surface area contributed by atoms with Crippen LogP contribution in [0, 0.1) is 0 Å². The molecular formula is C18H23N3O4S2. The molecule has 0 radical (unpaired) electrons. The van der Waals surface area contributed by atoms with E-state index < -0.39 is 10.0 Å². The van der Waals surface area contributed by atoms with Gasteiger partial charge in [-0.05, 0) is 68.5 Å². The summed E-state index contributed by atoms with van der Waals surface area (Å²) in [6, 6.07) is 11.2. The molecule has 0 heterocycles. The van der Waals surface area contributed by atoms with Crippen molar-refractivity contribution in [3.8, 4) is 11.5 Å². The summed E-state index contributed by atoms with van der Waals surface area (Å²) < 4.78 is 38.6. The number of benzene rings is 2. The zero-order chi connectivity index (χ0) is 19.9. The Hall–Kier alpha value is -2.52. The molecule has 2 aromatic carbocycles. The topological polar surface area (TPSA) is 88.7 Å². The Morgan fingerprint density at radius 1 is 1.11 bits per heavy atom. The van der Waals surface area contributed by atoms with Crippen LogP contribution in [0.2, 0.25) is 0 Å². The maximum Gasteiger partial charge on any atom is 0.261 e. The third-order valence-electron chi connectivity index (χ3n) is 3.48. The molecule has 0 amide bonds. The molecule has 2 rings (SSSR count). The molecule has 27 heavy (non-hydrogen) atoms. The van der Waals surface area contributed by atoms with Gasteiger partial charge in [-0.3, -0.25) is 4.72 Å². The van der Waals surface area contributed by atoms with Crippen molar-refractivity contribution in [2.45, 2.75) is 18.7 Å². The zero-order valence-electron chi connectivity index (χ0n) is 15.4. The van der Waals surface area contributed by atoms with Crippen LogP contribution in [0.15, 0.2) is 47.4 Å². The normalized spacial score (nSPS) is 10.8. The van der Waals surface area contributed by atoms with Crippen molar-refractivity contribution in [1.29, 1.82) is 0 Å². The third kappa shape index (κ3) is 5.73. The van der Waals surface area contributed by atoms with E-state index in [4.69, 9.17) is 21.7 Å². The molecule has 0 unspecified atom stereocenters. The van der Waals surface area contributed by atoms with Gasteiger partial charge in [0.15, 0.2) is 5.11 Å². The van der Waals surface area contributed by atoms with E-state index in [0.717, 1.165) is 0 Å². The number of ether oxygens (including phenoxy) is 2. The maximum atomic E-state index is 12.7. The number of anilines is 2. The summed E-state index contributed by atoms with van der Waals surface area (Å²) in [5.74, 6) is 1.16. The van der Waals surface area contributed by atoms with Gasteiger partial charge in [0.2, 0.25) is 0 Å². The fraction of sp³-hybridized carbons (Fsp3) is 0.278. The van der Waals surface area contributed by atoms with E-state index in [1.54, 1.807) is 30.3 Å². The number of hydrogen-bond donors (Lipinski definition) is 3. The molecule has 9 heteroatoms. The van der Waals surface area contributed by atoms with Crippen LogP contribution in [0.25, 0.3) is 0 Å². The van der Waals surface area contributed by atoms with Gasteiger partial charge in [-0.1, -0.05) is 0 Å². The lowest BCUT2D eigenvalue weighted by atomic mass is 10.3. The number of hydrogen-bond acceptors (Lipinski definition) is 5. The summed E-state index contributed by atoms with van der Waals surface area (Å²) in [6.45, 7) is 4.98. The molecule has 0 atom stereocenters. The minimum atomic E-state index is -3.78. The molecule has 7 nitrogen and oxygen atoms in total. The highest BCUT2D eigenvalue weighted by molar-refractivity contribution is 7.92. The molecular weight excluding hydrogens is 386 g/mol.